The third kappa shape index (κ3) is 9.32. The lowest BCUT2D eigenvalue weighted by atomic mass is 9.97. The van der Waals surface area contributed by atoms with Crippen LogP contribution in [0.4, 0.5) is 10.5 Å². The standard InChI is InChI=1S/C29H41N3O8S2/c1-29(2,3)40-28(33)32-16-14-22(15-17-32)20-30-41(34,35)26-8-6-9-27(19-26)42(36,37)31-23-10-12-24(13-11-23)39-21-25-7-4-5-18-38-25/h6,8-13,19,22,25,30-31H,4-5,7,14-18,20-21H2,1-3H3. The summed E-state index contributed by atoms with van der Waals surface area (Å²) in [5, 5.41) is 0. The second-order valence-electron chi connectivity index (χ2n) is 11.7. The van der Waals surface area contributed by atoms with Crippen molar-refractivity contribution in [1.82, 2.24) is 9.62 Å². The van der Waals surface area contributed by atoms with Crippen LogP contribution in [0.5, 0.6) is 5.75 Å². The lowest BCUT2D eigenvalue weighted by molar-refractivity contribution is -0.0110. The number of piperidine rings is 1. The van der Waals surface area contributed by atoms with Gasteiger partial charge in [0.25, 0.3) is 10.0 Å². The van der Waals surface area contributed by atoms with E-state index in [0.29, 0.717) is 44.0 Å². The quantitative estimate of drug-likeness (QED) is 0.398. The van der Waals surface area contributed by atoms with Gasteiger partial charge in [-0.1, -0.05) is 6.07 Å². The molecule has 13 heteroatoms. The highest BCUT2D eigenvalue weighted by atomic mass is 32.2. The Bertz CT molecular complexity index is 1410. The van der Waals surface area contributed by atoms with Crippen molar-refractivity contribution in [2.75, 3.05) is 37.6 Å². The third-order valence-electron chi connectivity index (χ3n) is 7.07. The molecule has 4 rings (SSSR count). The van der Waals surface area contributed by atoms with Gasteiger partial charge in [0.2, 0.25) is 10.0 Å². The van der Waals surface area contributed by atoms with Gasteiger partial charge in [-0.05, 0) is 101 Å². The Morgan fingerprint density at radius 2 is 1.62 bits per heavy atom. The molecule has 0 bridgehead atoms. The molecule has 2 aliphatic rings. The SMILES string of the molecule is CC(C)(C)OC(=O)N1CCC(CNS(=O)(=O)c2cccc(S(=O)(=O)Nc3ccc(OCC4CCCCO4)cc3)c2)CC1. The molecule has 0 spiro atoms. The Balaban J connectivity index is 1.30. The van der Waals surface area contributed by atoms with Gasteiger partial charge in [-0.25, -0.2) is 26.4 Å². The predicted octanol–water partition coefficient (Wildman–Crippen LogP) is 4.36. The normalized spacial score (nSPS) is 18.8. The van der Waals surface area contributed by atoms with Crippen LogP contribution in [0.25, 0.3) is 0 Å². The van der Waals surface area contributed by atoms with Gasteiger partial charge in [-0.15, -0.1) is 0 Å². The van der Waals surface area contributed by atoms with Crippen LogP contribution >= 0.6 is 0 Å². The Hall–Kier alpha value is -2.87. The molecule has 2 aliphatic heterocycles. The molecule has 2 saturated heterocycles. The molecule has 2 fully saturated rings. The van der Waals surface area contributed by atoms with Crippen molar-refractivity contribution in [3.05, 3.63) is 48.5 Å². The Kier molecular flexibility index (Phi) is 10.4. The van der Waals surface area contributed by atoms with E-state index in [4.69, 9.17) is 14.2 Å². The molecule has 0 aromatic heterocycles. The van der Waals surface area contributed by atoms with E-state index < -0.39 is 25.6 Å². The monoisotopic (exact) mass is 623 g/mol. The minimum absolute atomic E-state index is 0.0363. The summed E-state index contributed by atoms with van der Waals surface area (Å²) in [7, 11) is -8.02. The Morgan fingerprint density at radius 3 is 2.24 bits per heavy atom. The average Bonchev–Trinajstić information content (AvgIpc) is 2.96. The molecule has 2 aromatic rings. The summed E-state index contributed by atoms with van der Waals surface area (Å²) in [5.74, 6) is 0.635. The zero-order valence-corrected chi connectivity index (χ0v) is 26.0. The highest BCUT2D eigenvalue weighted by Crippen LogP contribution is 2.24. The molecule has 2 N–H and O–H groups in total. The molecule has 11 nitrogen and oxygen atoms in total. The number of hydrogen-bond donors (Lipinski definition) is 2. The highest BCUT2D eigenvalue weighted by Gasteiger charge is 2.28. The number of anilines is 1. The summed E-state index contributed by atoms with van der Waals surface area (Å²) >= 11 is 0. The van der Waals surface area contributed by atoms with Crippen molar-refractivity contribution in [2.45, 2.75) is 74.4 Å². The first-order chi connectivity index (χ1) is 19.8. The second kappa shape index (κ2) is 13.6. The molecule has 232 valence electrons. The molecule has 1 atom stereocenters. The molecular weight excluding hydrogens is 582 g/mol. The van der Waals surface area contributed by atoms with Gasteiger partial charge in [-0.3, -0.25) is 4.72 Å². The first kappa shape index (κ1) is 32.1. The summed E-state index contributed by atoms with van der Waals surface area (Å²) in [6.07, 6.45) is 4.07. The van der Waals surface area contributed by atoms with Crippen LogP contribution in [0, 0.1) is 5.92 Å². The maximum absolute atomic E-state index is 13.1. The van der Waals surface area contributed by atoms with Gasteiger partial charge >= 0.3 is 6.09 Å². The number of carbonyl (C=O) groups is 1. The lowest BCUT2D eigenvalue weighted by Crippen LogP contribution is -2.43. The van der Waals surface area contributed by atoms with Crippen LogP contribution in [0.15, 0.2) is 58.3 Å². The molecular formula is C29H41N3O8S2. The van der Waals surface area contributed by atoms with Crippen LogP contribution < -0.4 is 14.2 Å². The summed E-state index contributed by atoms with van der Waals surface area (Å²) in [5.41, 5.74) is -0.259. The molecule has 0 aliphatic carbocycles. The maximum atomic E-state index is 13.1. The number of nitrogens with zero attached hydrogens (tertiary/aromatic N) is 1. The fourth-order valence-corrected chi connectivity index (χ4v) is 7.07. The van der Waals surface area contributed by atoms with Crippen molar-refractivity contribution in [3.63, 3.8) is 0 Å². The number of sulfonamides is 2. The van der Waals surface area contributed by atoms with E-state index in [2.05, 4.69) is 9.44 Å². The summed E-state index contributed by atoms with van der Waals surface area (Å²) < 4.78 is 74.1. The molecule has 2 heterocycles. The topological polar surface area (TPSA) is 140 Å². The number of likely N-dealkylation sites (tertiary alicyclic amines) is 1. The molecule has 1 amide bonds. The first-order valence-corrected chi connectivity index (χ1v) is 17.2. The van der Waals surface area contributed by atoms with E-state index in [9.17, 15) is 21.6 Å². The van der Waals surface area contributed by atoms with E-state index in [1.54, 1.807) is 29.2 Å². The molecule has 0 saturated carbocycles. The van der Waals surface area contributed by atoms with E-state index in [0.717, 1.165) is 31.9 Å². The van der Waals surface area contributed by atoms with Gasteiger partial charge in [0.05, 0.1) is 15.9 Å². The Morgan fingerprint density at radius 1 is 0.952 bits per heavy atom. The van der Waals surface area contributed by atoms with Crippen LogP contribution in [-0.2, 0) is 29.5 Å². The first-order valence-electron chi connectivity index (χ1n) is 14.3. The van der Waals surface area contributed by atoms with Crippen molar-refractivity contribution in [3.8, 4) is 5.75 Å². The number of benzene rings is 2. The van der Waals surface area contributed by atoms with Crippen molar-refractivity contribution in [1.29, 1.82) is 0 Å². The largest absolute Gasteiger partial charge is 0.491 e. The van der Waals surface area contributed by atoms with E-state index >= 15 is 0 Å². The van der Waals surface area contributed by atoms with Crippen molar-refractivity contribution in [2.24, 2.45) is 5.92 Å². The number of ether oxygens (including phenoxy) is 3. The molecule has 42 heavy (non-hydrogen) atoms. The maximum Gasteiger partial charge on any atom is 0.410 e. The third-order valence-corrected chi connectivity index (χ3v) is 9.87. The number of nitrogens with one attached hydrogen (secondary N) is 2. The summed E-state index contributed by atoms with van der Waals surface area (Å²) in [6.45, 7) is 7.74. The van der Waals surface area contributed by atoms with E-state index in [-0.39, 0.29) is 34.5 Å². The number of hydrogen-bond acceptors (Lipinski definition) is 8. The van der Waals surface area contributed by atoms with Gasteiger partial charge in [0.15, 0.2) is 0 Å². The molecule has 1 unspecified atom stereocenters. The van der Waals surface area contributed by atoms with Crippen molar-refractivity contribution < 1.29 is 35.8 Å². The summed E-state index contributed by atoms with van der Waals surface area (Å²) in [6, 6.07) is 11.7. The predicted molar refractivity (Wildman–Crippen MR) is 158 cm³/mol. The second-order valence-corrected chi connectivity index (χ2v) is 15.1. The fourth-order valence-electron chi connectivity index (χ4n) is 4.73. The minimum atomic E-state index is -4.05. The van der Waals surface area contributed by atoms with Gasteiger partial charge in [-0.2, -0.15) is 0 Å². The zero-order valence-electron chi connectivity index (χ0n) is 24.4. The smallest absolute Gasteiger partial charge is 0.410 e. The average molecular weight is 624 g/mol. The van der Waals surface area contributed by atoms with Gasteiger partial charge in [0.1, 0.15) is 18.0 Å². The van der Waals surface area contributed by atoms with Crippen LogP contribution in [-0.4, -0.2) is 72.4 Å². The van der Waals surface area contributed by atoms with Gasteiger partial charge < -0.3 is 19.1 Å². The summed E-state index contributed by atoms with van der Waals surface area (Å²) in [4.78, 5) is 13.6. The van der Waals surface area contributed by atoms with E-state index in [1.807, 2.05) is 20.8 Å². The van der Waals surface area contributed by atoms with Gasteiger partial charge in [0, 0.05) is 31.9 Å². The van der Waals surface area contributed by atoms with Crippen LogP contribution in [0.2, 0.25) is 0 Å². The lowest BCUT2D eigenvalue weighted by Gasteiger charge is -2.33. The zero-order chi connectivity index (χ0) is 30.4. The Labute approximate surface area is 249 Å². The number of amides is 1. The number of carbonyl (C=O) groups excluding carboxylic acids is 1. The van der Waals surface area contributed by atoms with E-state index in [1.165, 1.54) is 18.2 Å². The molecule has 0 radical (unpaired) electrons. The van der Waals surface area contributed by atoms with Crippen molar-refractivity contribution >= 4 is 31.8 Å². The van der Waals surface area contributed by atoms with Crippen LogP contribution in [0.3, 0.4) is 0 Å². The van der Waals surface area contributed by atoms with Crippen LogP contribution in [0.1, 0.15) is 52.9 Å². The highest BCUT2D eigenvalue weighted by molar-refractivity contribution is 7.93. The fraction of sp³-hybridized carbons (Fsp3) is 0.552. The number of rotatable bonds is 10. The molecule has 2 aromatic carbocycles. The minimum Gasteiger partial charge on any atom is -0.491 e.